The fourth-order valence-electron chi connectivity index (χ4n) is 1.48. The number of nitrogen functional groups attached to an aromatic ring is 1. The zero-order valence-corrected chi connectivity index (χ0v) is 9.81. The minimum Gasteiger partial charge on any atom is -0.480 e. The van der Waals surface area contributed by atoms with E-state index in [-0.39, 0.29) is 5.56 Å². The molecule has 92 valence electrons. The van der Waals surface area contributed by atoms with Crippen molar-refractivity contribution >= 4 is 17.4 Å². The van der Waals surface area contributed by atoms with Crippen LogP contribution in [-0.4, -0.2) is 22.4 Å². The standard InChI is InChI=1S/C12H16N2O3/c1-7(2)12(14,11(16)17)10(15)8-3-5-9(13)6-4-8/h3-7H,13-14H2,1-2H3,(H,16,17). The van der Waals surface area contributed by atoms with Gasteiger partial charge in [-0.3, -0.25) is 4.79 Å². The number of nitrogens with two attached hydrogens (primary N) is 2. The third-order valence-corrected chi connectivity index (χ3v) is 2.81. The molecule has 0 fully saturated rings. The number of hydrogen-bond acceptors (Lipinski definition) is 4. The van der Waals surface area contributed by atoms with Crippen LogP contribution in [0.15, 0.2) is 24.3 Å². The van der Waals surface area contributed by atoms with Gasteiger partial charge in [0.25, 0.3) is 0 Å². The van der Waals surface area contributed by atoms with Crippen LogP contribution in [0.25, 0.3) is 0 Å². The van der Waals surface area contributed by atoms with E-state index < -0.39 is 23.2 Å². The summed E-state index contributed by atoms with van der Waals surface area (Å²) in [5.41, 5.74) is 10.1. The second-order valence-corrected chi connectivity index (χ2v) is 4.28. The highest BCUT2D eigenvalue weighted by Gasteiger charge is 2.45. The van der Waals surface area contributed by atoms with E-state index in [1.165, 1.54) is 24.3 Å². The predicted molar refractivity (Wildman–Crippen MR) is 64.6 cm³/mol. The summed E-state index contributed by atoms with van der Waals surface area (Å²) < 4.78 is 0. The summed E-state index contributed by atoms with van der Waals surface area (Å²) in [6, 6.07) is 6.03. The van der Waals surface area contributed by atoms with Crippen molar-refractivity contribution in [1.29, 1.82) is 0 Å². The molecule has 17 heavy (non-hydrogen) atoms. The number of ketones is 1. The molecular formula is C12H16N2O3. The van der Waals surface area contributed by atoms with Crippen molar-refractivity contribution < 1.29 is 14.7 Å². The largest absolute Gasteiger partial charge is 0.480 e. The first-order valence-electron chi connectivity index (χ1n) is 5.22. The van der Waals surface area contributed by atoms with Crippen LogP contribution in [0.3, 0.4) is 0 Å². The van der Waals surface area contributed by atoms with Crippen LogP contribution in [0.1, 0.15) is 24.2 Å². The van der Waals surface area contributed by atoms with Crippen LogP contribution in [0.2, 0.25) is 0 Å². The molecule has 5 heteroatoms. The molecule has 0 spiro atoms. The van der Waals surface area contributed by atoms with Gasteiger partial charge in [-0.25, -0.2) is 4.79 Å². The number of benzene rings is 1. The highest BCUT2D eigenvalue weighted by Crippen LogP contribution is 2.21. The molecule has 1 aromatic rings. The Bertz CT molecular complexity index is 440. The maximum Gasteiger partial charge on any atom is 0.332 e. The molecule has 0 bridgehead atoms. The quantitative estimate of drug-likeness (QED) is 0.409. The molecule has 0 radical (unpaired) electrons. The van der Waals surface area contributed by atoms with E-state index >= 15 is 0 Å². The van der Waals surface area contributed by atoms with E-state index in [1.54, 1.807) is 13.8 Å². The first-order valence-corrected chi connectivity index (χ1v) is 5.22. The van der Waals surface area contributed by atoms with E-state index in [9.17, 15) is 9.59 Å². The highest BCUT2D eigenvalue weighted by molar-refractivity contribution is 6.16. The SMILES string of the molecule is CC(C)C(N)(C(=O)O)C(=O)c1ccc(N)cc1. The number of hydrogen-bond donors (Lipinski definition) is 3. The predicted octanol–water partition coefficient (Wildman–Crippen LogP) is 0.890. The summed E-state index contributed by atoms with van der Waals surface area (Å²) in [5.74, 6) is -2.45. The summed E-state index contributed by atoms with van der Waals surface area (Å²) in [6.45, 7) is 3.20. The molecule has 0 amide bonds. The van der Waals surface area contributed by atoms with Crippen molar-refractivity contribution in [3.63, 3.8) is 0 Å². The molecule has 1 unspecified atom stereocenters. The van der Waals surface area contributed by atoms with Crippen LogP contribution in [0.4, 0.5) is 5.69 Å². The highest BCUT2D eigenvalue weighted by atomic mass is 16.4. The summed E-state index contributed by atoms with van der Waals surface area (Å²) in [4.78, 5) is 23.3. The lowest BCUT2D eigenvalue weighted by molar-refractivity contribution is -0.142. The molecule has 5 nitrogen and oxygen atoms in total. The van der Waals surface area contributed by atoms with Crippen molar-refractivity contribution in [3.05, 3.63) is 29.8 Å². The van der Waals surface area contributed by atoms with Gasteiger partial charge in [-0.2, -0.15) is 0 Å². The van der Waals surface area contributed by atoms with Gasteiger partial charge in [0.05, 0.1) is 0 Å². The van der Waals surface area contributed by atoms with E-state index in [2.05, 4.69) is 0 Å². The van der Waals surface area contributed by atoms with Gasteiger partial charge in [-0.05, 0) is 30.2 Å². The van der Waals surface area contributed by atoms with E-state index in [4.69, 9.17) is 16.6 Å². The molecule has 1 atom stereocenters. The molecule has 0 aliphatic heterocycles. The number of carboxylic acids is 1. The molecule has 0 aliphatic rings. The molecule has 1 aromatic carbocycles. The van der Waals surface area contributed by atoms with Crippen LogP contribution in [-0.2, 0) is 4.79 Å². The third-order valence-electron chi connectivity index (χ3n) is 2.81. The Labute approximate surface area is 99.4 Å². The average molecular weight is 236 g/mol. The van der Waals surface area contributed by atoms with Crippen molar-refractivity contribution in [2.75, 3.05) is 5.73 Å². The molecule has 0 aliphatic carbocycles. The zero-order valence-electron chi connectivity index (χ0n) is 9.81. The normalized spacial score (nSPS) is 14.4. The zero-order chi connectivity index (χ0) is 13.2. The van der Waals surface area contributed by atoms with Crippen LogP contribution in [0, 0.1) is 5.92 Å². The van der Waals surface area contributed by atoms with Crippen LogP contribution >= 0.6 is 0 Å². The first-order chi connectivity index (χ1) is 7.80. The summed E-state index contributed by atoms with van der Waals surface area (Å²) in [5, 5.41) is 9.12. The Morgan fingerprint density at radius 3 is 2.06 bits per heavy atom. The Balaban J connectivity index is 3.18. The van der Waals surface area contributed by atoms with E-state index in [0.29, 0.717) is 5.69 Å². The number of rotatable bonds is 4. The third kappa shape index (κ3) is 2.29. The second kappa shape index (κ2) is 4.55. The number of carbonyl (C=O) groups is 2. The average Bonchev–Trinajstić information content (AvgIpc) is 2.27. The lowest BCUT2D eigenvalue weighted by Gasteiger charge is -2.27. The number of carboxylic acid groups (broad SMARTS) is 1. The summed E-state index contributed by atoms with van der Waals surface area (Å²) in [7, 11) is 0. The van der Waals surface area contributed by atoms with Gasteiger partial charge < -0.3 is 16.6 Å². The van der Waals surface area contributed by atoms with Gasteiger partial charge in [0.1, 0.15) is 0 Å². The minimum atomic E-state index is -1.91. The van der Waals surface area contributed by atoms with Gasteiger partial charge in [0.2, 0.25) is 0 Å². The van der Waals surface area contributed by atoms with Crippen molar-refractivity contribution in [1.82, 2.24) is 0 Å². The van der Waals surface area contributed by atoms with Crippen LogP contribution < -0.4 is 11.5 Å². The fraction of sp³-hybridized carbons (Fsp3) is 0.333. The molecule has 0 heterocycles. The van der Waals surface area contributed by atoms with Gasteiger partial charge in [-0.1, -0.05) is 13.8 Å². The maximum atomic E-state index is 12.1. The van der Waals surface area contributed by atoms with Crippen LogP contribution in [0.5, 0.6) is 0 Å². The fourth-order valence-corrected chi connectivity index (χ4v) is 1.48. The number of anilines is 1. The van der Waals surface area contributed by atoms with E-state index in [1.807, 2.05) is 0 Å². The molecule has 0 aromatic heterocycles. The lowest BCUT2D eigenvalue weighted by atomic mass is 9.80. The first kappa shape index (κ1) is 13.2. The van der Waals surface area contributed by atoms with Gasteiger partial charge in [-0.15, -0.1) is 0 Å². The van der Waals surface area contributed by atoms with Crippen molar-refractivity contribution in [3.8, 4) is 0 Å². The molecular weight excluding hydrogens is 220 g/mol. The Kier molecular flexibility index (Phi) is 3.53. The second-order valence-electron chi connectivity index (χ2n) is 4.28. The summed E-state index contributed by atoms with van der Waals surface area (Å²) in [6.07, 6.45) is 0. The smallest absolute Gasteiger partial charge is 0.332 e. The summed E-state index contributed by atoms with van der Waals surface area (Å²) >= 11 is 0. The number of Topliss-reactive ketones (excluding diaryl/α,β-unsaturated/α-hetero) is 1. The Hall–Kier alpha value is -1.88. The monoisotopic (exact) mass is 236 g/mol. The Morgan fingerprint density at radius 2 is 1.71 bits per heavy atom. The van der Waals surface area contributed by atoms with E-state index in [0.717, 1.165) is 0 Å². The molecule has 5 N–H and O–H groups in total. The van der Waals surface area contributed by atoms with Gasteiger partial charge in [0, 0.05) is 11.3 Å². The number of carbonyl (C=O) groups excluding carboxylic acids is 1. The molecule has 0 saturated carbocycles. The topological polar surface area (TPSA) is 106 Å². The Morgan fingerprint density at radius 1 is 1.24 bits per heavy atom. The number of aliphatic carboxylic acids is 1. The van der Waals surface area contributed by atoms with Crippen molar-refractivity contribution in [2.45, 2.75) is 19.4 Å². The van der Waals surface area contributed by atoms with Crippen molar-refractivity contribution in [2.24, 2.45) is 11.7 Å². The molecule has 0 saturated heterocycles. The van der Waals surface area contributed by atoms with Gasteiger partial charge >= 0.3 is 5.97 Å². The maximum absolute atomic E-state index is 12.1. The lowest BCUT2D eigenvalue weighted by Crippen LogP contribution is -2.58. The minimum absolute atomic E-state index is 0.248. The molecule has 1 rings (SSSR count). The van der Waals surface area contributed by atoms with Gasteiger partial charge in [0.15, 0.2) is 11.3 Å².